The average Bonchev–Trinajstić information content (AvgIpc) is 3.46. The summed E-state index contributed by atoms with van der Waals surface area (Å²) >= 11 is 1.57. The van der Waals surface area contributed by atoms with E-state index in [-0.39, 0.29) is 11.9 Å². The molecular weight excluding hydrogens is 473 g/mol. The number of hydrogen-bond acceptors (Lipinski definition) is 5. The summed E-state index contributed by atoms with van der Waals surface area (Å²) < 4.78 is 49.5. The molecule has 34 heavy (non-hydrogen) atoms. The second kappa shape index (κ2) is 9.97. The van der Waals surface area contributed by atoms with Crippen LogP contribution in [0.1, 0.15) is 38.2 Å². The fourth-order valence-corrected chi connectivity index (χ4v) is 7.37. The van der Waals surface area contributed by atoms with Crippen LogP contribution in [-0.4, -0.2) is 48.1 Å². The summed E-state index contributed by atoms with van der Waals surface area (Å²) in [5, 5.41) is 0.816. The van der Waals surface area contributed by atoms with E-state index in [0.29, 0.717) is 41.7 Å². The Kier molecular flexibility index (Phi) is 6.97. The average molecular weight is 504 g/mol. The van der Waals surface area contributed by atoms with Crippen molar-refractivity contribution in [3.05, 3.63) is 53.8 Å². The number of halogens is 1. The van der Waals surface area contributed by atoms with Crippen molar-refractivity contribution in [1.82, 2.24) is 13.9 Å². The van der Waals surface area contributed by atoms with Gasteiger partial charge in [0.05, 0.1) is 28.6 Å². The van der Waals surface area contributed by atoms with Crippen LogP contribution in [0.3, 0.4) is 0 Å². The lowest BCUT2D eigenvalue weighted by atomic mass is 10.0. The highest BCUT2D eigenvalue weighted by molar-refractivity contribution is 7.98. The van der Waals surface area contributed by atoms with Crippen LogP contribution in [0.25, 0.3) is 11.0 Å². The molecule has 0 amide bonds. The molecule has 2 aliphatic rings. The first-order chi connectivity index (χ1) is 16.4. The topological polar surface area (TPSA) is 64.4 Å². The number of ether oxygens (including phenoxy) is 1. The van der Waals surface area contributed by atoms with Gasteiger partial charge in [0.15, 0.2) is 5.16 Å². The zero-order valence-electron chi connectivity index (χ0n) is 19.3. The Labute approximate surface area is 204 Å². The van der Waals surface area contributed by atoms with E-state index in [1.165, 1.54) is 12.1 Å². The van der Waals surface area contributed by atoms with E-state index in [1.54, 1.807) is 40.3 Å². The van der Waals surface area contributed by atoms with Crippen LogP contribution in [0.2, 0.25) is 0 Å². The molecule has 0 spiro atoms. The molecule has 1 aromatic heterocycles. The van der Waals surface area contributed by atoms with Gasteiger partial charge in [-0.3, -0.25) is 0 Å². The molecule has 182 valence electrons. The molecule has 2 aliphatic heterocycles. The summed E-state index contributed by atoms with van der Waals surface area (Å²) in [6.07, 6.45) is 4.13. The van der Waals surface area contributed by atoms with Gasteiger partial charge in [0, 0.05) is 25.4 Å². The van der Waals surface area contributed by atoms with E-state index in [4.69, 9.17) is 9.72 Å². The monoisotopic (exact) mass is 503 g/mol. The van der Waals surface area contributed by atoms with Gasteiger partial charge in [0.1, 0.15) is 5.82 Å². The molecule has 3 aromatic rings. The van der Waals surface area contributed by atoms with Gasteiger partial charge in [-0.1, -0.05) is 30.8 Å². The zero-order chi connectivity index (χ0) is 23.7. The molecule has 0 aliphatic carbocycles. The molecule has 0 radical (unpaired) electrons. The molecule has 0 unspecified atom stereocenters. The number of piperidine rings is 1. The maximum absolute atomic E-state index is 13.3. The quantitative estimate of drug-likeness (QED) is 0.422. The Bertz CT molecular complexity index is 1250. The van der Waals surface area contributed by atoms with Crippen molar-refractivity contribution in [1.29, 1.82) is 0 Å². The normalized spacial score (nSPS) is 21.9. The second-order valence-electron chi connectivity index (χ2n) is 9.32. The van der Waals surface area contributed by atoms with Crippen LogP contribution >= 0.6 is 11.8 Å². The fourth-order valence-electron chi connectivity index (χ4n) is 4.77. The van der Waals surface area contributed by atoms with Crippen LogP contribution in [0, 0.1) is 11.7 Å². The van der Waals surface area contributed by atoms with Crippen LogP contribution in [-0.2, 0) is 27.1 Å². The van der Waals surface area contributed by atoms with Gasteiger partial charge in [0.2, 0.25) is 10.0 Å². The summed E-state index contributed by atoms with van der Waals surface area (Å²) in [6, 6.07) is 11.8. The number of rotatable bonds is 7. The molecule has 0 bridgehead atoms. The molecule has 2 fully saturated rings. The van der Waals surface area contributed by atoms with E-state index >= 15 is 0 Å². The number of hydrogen-bond donors (Lipinski definition) is 0. The summed E-state index contributed by atoms with van der Waals surface area (Å²) in [7, 11) is -3.55. The van der Waals surface area contributed by atoms with Gasteiger partial charge >= 0.3 is 0 Å². The summed E-state index contributed by atoms with van der Waals surface area (Å²) in [5.74, 6) is 0.759. The van der Waals surface area contributed by atoms with Crippen molar-refractivity contribution in [2.75, 3.05) is 19.7 Å². The van der Waals surface area contributed by atoms with Crippen molar-refractivity contribution in [3.63, 3.8) is 0 Å². The van der Waals surface area contributed by atoms with Crippen LogP contribution < -0.4 is 0 Å². The smallest absolute Gasteiger partial charge is 0.243 e. The Hall–Kier alpha value is -1.94. The molecule has 0 saturated carbocycles. The third-order valence-corrected chi connectivity index (χ3v) is 9.54. The molecular formula is C25H30FN3O3S2. The van der Waals surface area contributed by atoms with Crippen molar-refractivity contribution in [2.24, 2.45) is 5.92 Å². The number of fused-ring (bicyclic) bond motifs is 1. The SMILES string of the molecule is C[C@H]1CCCN(S(=O)(=O)c2ccc3c(c2)nc(SCc2ccc(F)cc2)n3C[C@H]2CCCO2)C1. The number of benzene rings is 2. The maximum atomic E-state index is 13.3. The number of thioether (sulfide) groups is 1. The molecule has 2 atom stereocenters. The lowest BCUT2D eigenvalue weighted by Gasteiger charge is -2.30. The number of aromatic nitrogens is 2. The highest BCUT2D eigenvalue weighted by Crippen LogP contribution is 2.31. The van der Waals surface area contributed by atoms with Crippen molar-refractivity contribution in [2.45, 2.75) is 61.1 Å². The predicted octanol–water partition coefficient (Wildman–Crippen LogP) is 5.07. The molecule has 0 N–H and O–H groups in total. The third-order valence-electron chi connectivity index (χ3n) is 6.63. The first-order valence-electron chi connectivity index (χ1n) is 11.9. The van der Waals surface area contributed by atoms with E-state index in [1.807, 2.05) is 6.07 Å². The molecule has 3 heterocycles. The third kappa shape index (κ3) is 5.03. The minimum absolute atomic E-state index is 0.126. The first kappa shape index (κ1) is 23.8. The van der Waals surface area contributed by atoms with Gasteiger partial charge in [-0.05, 0) is 67.5 Å². The summed E-state index contributed by atoms with van der Waals surface area (Å²) in [5.41, 5.74) is 2.58. The predicted molar refractivity (Wildman–Crippen MR) is 132 cm³/mol. The zero-order valence-corrected chi connectivity index (χ0v) is 21.0. The van der Waals surface area contributed by atoms with Gasteiger partial charge in [-0.15, -0.1) is 0 Å². The summed E-state index contributed by atoms with van der Waals surface area (Å²) in [6.45, 7) is 4.68. The largest absolute Gasteiger partial charge is 0.376 e. The van der Waals surface area contributed by atoms with E-state index in [2.05, 4.69) is 11.5 Å². The van der Waals surface area contributed by atoms with Crippen molar-refractivity contribution in [3.8, 4) is 0 Å². The Morgan fingerprint density at radius 1 is 1.15 bits per heavy atom. The maximum Gasteiger partial charge on any atom is 0.243 e. The van der Waals surface area contributed by atoms with Crippen molar-refractivity contribution >= 4 is 32.8 Å². The van der Waals surface area contributed by atoms with Crippen molar-refractivity contribution < 1.29 is 17.5 Å². The van der Waals surface area contributed by atoms with Gasteiger partial charge in [0.25, 0.3) is 0 Å². The summed E-state index contributed by atoms with van der Waals surface area (Å²) in [4.78, 5) is 5.13. The van der Waals surface area contributed by atoms with Gasteiger partial charge < -0.3 is 9.30 Å². The minimum atomic E-state index is -3.55. The minimum Gasteiger partial charge on any atom is -0.376 e. The van der Waals surface area contributed by atoms with Crippen LogP contribution in [0.15, 0.2) is 52.5 Å². The second-order valence-corrected chi connectivity index (χ2v) is 12.2. The highest BCUT2D eigenvalue weighted by Gasteiger charge is 2.29. The number of imidazole rings is 1. The van der Waals surface area contributed by atoms with Gasteiger partial charge in [-0.25, -0.2) is 17.8 Å². The molecule has 9 heteroatoms. The first-order valence-corrected chi connectivity index (χ1v) is 14.3. The van der Waals surface area contributed by atoms with Crippen LogP contribution in [0.4, 0.5) is 4.39 Å². The Balaban J connectivity index is 1.46. The van der Waals surface area contributed by atoms with E-state index in [9.17, 15) is 12.8 Å². The Morgan fingerprint density at radius 3 is 2.71 bits per heavy atom. The highest BCUT2D eigenvalue weighted by atomic mass is 32.2. The number of sulfonamides is 1. The Morgan fingerprint density at radius 2 is 1.97 bits per heavy atom. The lowest BCUT2D eigenvalue weighted by Crippen LogP contribution is -2.39. The molecule has 5 rings (SSSR count). The molecule has 2 saturated heterocycles. The molecule has 2 aromatic carbocycles. The molecule has 6 nitrogen and oxygen atoms in total. The van der Waals surface area contributed by atoms with E-state index in [0.717, 1.165) is 48.5 Å². The van der Waals surface area contributed by atoms with Gasteiger partial charge in [-0.2, -0.15) is 4.31 Å². The lowest BCUT2D eigenvalue weighted by molar-refractivity contribution is 0.0960. The number of nitrogens with zero attached hydrogens (tertiary/aromatic N) is 3. The standard InChI is InChI=1S/C25H30FN3O3S2/c1-18-4-2-12-28(15-18)34(30,31)22-10-11-24-23(14-22)27-25(29(24)16-21-5-3-13-32-21)33-17-19-6-8-20(26)9-7-19/h6-11,14,18,21H,2-5,12-13,15-17H2,1H3/t18-,21+/m0/s1. The van der Waals surface area contributed by atoms with E-state index < -0.39 is 10.0 Å². The van der Waals surface area contributed by atoms with Crippen LogP contribution in [0.5, 0.6) is 0 Å². The fraction of sp³-hybridized carbons (Fsp3) is 0.480.